The summed E-state index contributed by atoms with van der Waals surface area (Å²) < 4.78 is 0. The normalized spacial score (nSPS) is 10.3. The van der Waals surface area contributed by atoms with E-state index in [4.69, 9.17) is 11.6 Å². The molecule has 0 spiro atoms. The van der Waals surface area contributed by atoms with E-state index in [1.807, 2.05) is 30.3 Å². The van der Waals surface area contributed by atoms with E-state index in [0.29, 0.717) is 17.9 Å². The summed E-state index contributed by atoms with van der Waals surface area (Å²) in [5.74, 6) is 0. The first kappa shape index (κ1) is 10.9. The van der Waals surface area contributed by atoms with Gasteiger partial charge in [-0.15, -0.1) is 0 Å². The highest BCUT2D eigenvalue weighted by Gasteiger charge is 2.03. The molecule has 1 heterocycles. The number of halogens is 1. The van der Waals surface area contributed by atoms with Crippen LogP contribution in [0.5, 0.6) is 0 Å². The molecule has 0 amide bonds. The highest BCUT2D eigenvalue weighted by molar-refractivity contribution is 6.30. The Kier molecular flexibility index (Phi) is 3.37. The van der Waals surface area contributed by atoms with Gasteiger partial charge in [0.05, 0.1) is 5.69 Å². The maximum atomic E-state index is 10.2. The lowest BCUT2D eigenvalue weighted by Gasteiger charge is -1.95. The number of carbonyl (C=O) groups is 1. The van der Waals surface area contributed by atoms with Crippen LogP contribution in [-0.4, -0.2) is 16.5 Å². The quantitative estimate of drug-likeness (QED) is 0.827. The average molecular weight is 235 g/mol. The van der Waals surface area contributed by atoms with E-state index >= 15 is 0 Å². The van der Waals surface area contributed by atoms with Crippen LogP contribution in [0, 0.1) is 0 Å². The first-order valence-corrected chi connectivity index (χ1v) is 5.41. The molecule has 0 aliphatic heterocycles. The topological polar surface area (TPSA) is 45.8 Å². The Morgan fingerprint density at radius 3 is 2.75 bits per heavy atom. The fourth-order valence-electron chi connectivity index (χ4n) is 1.47. The Balaban J connectivity index is 2.17. The summed E-state index contributed by atoms with van der Waals surface area (Å²) in [6.07, 6.45) is 2.12. The van der Waals surface area contributed by atoms with Gasteiger partial charge >= 0.3 is 0 Å². The van der Waals surface area contributed by atoms with E-state index in [1.54, 1.807) is 0 Å². The van der Waals surface area contributed by atoms with Gasteiger partial charge in [-0.1, -0.05) is 23.7 Å². The largest absolute Gasteiger partial charge is 0.303 e. The van der Waals surface area contributed by atoms with Gasteiger partial charge in [0.15, 0.2) is 0 Å². The van der Waals surface area contributed by atoms with Crippen molar-refractivity contribution >= 4 is 17.9 Å². The molecule has 3 nitrogen and oxygen atoms in total. The van der Waals surface area contributed by atoms with E-state index in [-0.39, 0.29) is 0 Å². The number of benzene rings is 1. The van der Waals surface area contributed by atoms with Crippen molar-refractivity contribution in [2.75, 3.05) is 0 Å². The molecular formula is C12H11ClN2O. The van der Waals surface area contributed by atoms with Gasteiger partial charge in [0.2, 0.25) is 0 Å². The number of carbonyl (C=O) groups excluding carboxylic acids is 1. The predicted molar refractivity (Wildman–Crippen MR) is 63.4 cm³/mol. The van der Waals surface area contributed by atoms with Crippen LogP contribution in [0.4, 0.5) is 0 Å². The molecule has 0 atom stereocenters. The van der Waals surface area contributed by atoms with Crippen LogP contribution in [0.3, 0.4) is 0 Å². The van der Waals surface area contributed by atoms with Gasteiger partial charge < -0.3 is 4.79 Å². The molecule has 0 fully saturated rings. The Hall–Kier alpha value is -1.61. The van der Waals surface area contributed by atoms with Crippen LogP contribution in [-0.2, 0) is 11.2 Å². The van der Waals surface area contributed by atoms with Gasteiger partial charge in [-0.2, -0.15) is 5.10 Å². The minimum atomic E-state index is 0.516. The third kappa shape index (κ3) is 2.49. The molecule has 0 saturated carbocycles. The average Bonchev–Trinajstić information content (AvgIpc) is 2.76. The number of aryl methyl sites for hydroxylation is 1. The zero-order valence-corrected chi connectivity index (χ0v) is 9.37. The minimum absolute atomic E-state index is 0.516. The Bertz CT molecular complexity index is 476. The summed E-state index contributed by atoms with van der Waals surface area (Å²) in [5, 5.41) is 7.81. The van der Waals surface area contributed by atoms with E-state index in [1.165, 1.54) is 0 Å². The van der Waals surface area contributed by atoms with Crippen molar-refractivity contribution in [2.45, 2.75) is 12.8 Å². The fraction of sp³-hybridized carbons (Fsp3) is 0.167. The summed E-state index contributed by atoms with van der Waals surface area (Å²) in [5.41, 5.74) is 2.85. The Labute approximate surface area is 98.4 Å². The fourth-order valence-corrected chi connectivity index (χ4v) is 1.60. The molecule has 1 aromatic heterocycles. The molecule has 0 aliphatic rings. The molecule has 16 heavy (non-hydrogen) atoms. The Morgan fingerprint density at radius 2 is 2.06 bits per heavy atom. The number of rotatable bonds is 4. The van der Waals surface area contributed by atoms with Crippen molar-refractivity contribution < 1.29 is 4.79 Å². The smallest absolute Gasteiger partial charge is 0.120 e. The molecular weight excluding hydrogens is 224 g/mol. The lowest BCUT2D eigenvalue weighted by molar-refractivity contribution is -0.107. The first-order valence-electron chi connectivity index (χ1n) is 5.03. The Morgan fingerprint density at radius 1 is 1.31 bits per heavy atom. The molecule has 2 rings (SSSR count). The van der Waals surface area contributed by atoms with Crippen molar-refractivity contribution in [3.63, 3.8) is 0 Å². The zero-order chi connectivity index (χ0) is 11.4. The molecule has 0 unspecified atom stereocenters. The summed E-state index contributed by atoms with van der Waals surface area (Å²) in [6, 6.07) is 9.45. The summed E-state index contributed by atoms with van der Waals surface area (Å²) >= 11 is 5.81. The van der Waals surface area contributed by atoms with Crippen LogP contribution < -0.4 is 0 Å². The van der Waals surface area contributed by atoms with E-state index in [0.717, 1.165) is 23.2 Å². The monoisotopic (exact) mass is 234 g/mol. The van der Waals surface area contributed by atoms with Crippen molar-refractivity contribution in [1.29, 1.82) is 0 Å². The summed E-state index contributed by atoms with van der Waals surface area (Å²) in [6.45, 7) is 0. The van der Waals surface area contributed by atoms with Crippen molar-refractivity contribution in [3.8, 4) is 11.3 Å². The van der Waals surface area contributed by atoms with Crippen LogP contribution in [0.1, 0.15) is 12.1 Å². The number of nitrogens with zero attached hydrogens (tertiary/aromatic N) is 1. The highest BCUT2D eigenvalue weighted by atomic mass is 35.5. The molecule has 0 aliphatic carbocycles. The number of aldehydes is 1. The van der Waals surface area contributed by atoms with Crippen molar-refractivity contribution in [2.24, 2.45) is 0 Å². The third-order valence-corrected chi connectivity index (χ3v) is 2.55. The number of aromatic nitrogens is 2. The zero-order valence-electron chi connectivity index (χ0n) is 8.61. The van der Waals surface area contributed by atoms with Crippen LogP contribution >= 0.6 is 11.6 Å². The van der Waals surface area contributed by atoms with Crippen LogP contribution in [0.2, 0.25) is 5.02 Å². The third-order valence-electron chi connectivity index (χ3n) is 2.30. The molecule has 1 N–H and O–H groups in total. The molecule has 1 aromatic carbocycles. The molecule has 0 bridgehead atoms. The minimum Gasteiger partial charge on any atom is -0.303 e. The predicted octanol–water partition coefficient (Wildman–Crippen LogP) is 2.86. The van der Waals surface area contributed by atoms with Gasteiger partial charge in [0, 0.05) is 22.7 Å². The molecule has 82 valence electrons. The van der Waals surface area contributed by atoms with Gasteiger partial charge in [-0.05, 0) is 24.6 Å². The first-order chi connectivity index (χ1) is 7.79. The van der Waals surface area contributed by atoms with Crippen LogP contribution in [0.25, 0.3) is 11.3 Å². The van der Waals surface area contributed by atoms with Gasteiger partial charge in [-0.25, -0.2) is 0 Å². The second-order valence-electron chi connectivity index (χ2n) is 3.49. The van der Waals surface area contributed by atoms with Gasteiger partial charge in [0.25, 0.3) is 0 Å². The second-order valence-corrected chi connectivity index (χ2v) is 3.93. The maximum absolute atomic E-state index is 10.2. The summed E-state index contributed by atoms with van der Waals surface area (Å²) in [4.78, 5) is 10.2. The molecule has 0 radical (unpaired) electrons. The van der Waals surface area contributed by atoms with Crippen LogP contribution in [0.15, 0.2) is 30.3 Å². The molecule has 2 aromatic rings. The van der Waals surface area contributed by atoms with E-state index < -0.39 is 0 Å². The van der Waals surface area contributed by atoms with E-state index in [2.05, 4.69) is 10.2 Å². The maximum Gasteiger partial charge on any atom is 0.120 e. The second kappa shape index (κ2) is 4.94. The number of H-pyrrole nitrogens is 1. The number of nitrogens with one attached hydrogen (secondary N) is 1. The number of hydrogen-bond donors (Lipinski definition) is 1. The lowest BCUT2D eigenvalue weighted by atomic mass is 10.1. The molecule has 0 saturated heterocycles. The number of hydrogen-bond acceptors (Lipinski definition) is 2. The lowest BCUT2D eigenvalue weighted by Crippen LogP contribution is -1.85. The highest BCUT2D eigenvalue weighted by Crippen LogP contribution is 2.20. The van der Waals surface area contributed by atoms with Gasteiger partial charge in [0.1, 0.15) is 6.29 Å². The van der Waals surface area contributed by atoms with Gasteiger partial charge in [-0.3, -0.25) is 5.10 Å². The van der Waals surface area contributed by atoms with E-state index in [9.17, 15) is 4.79 Å². The number of aromatic amines is 1. The SMILES string of the molecule is O=CCCc1cc(-c2ccc(Cl)cc2)n[nH]1. The van der Waals surface area contributed by atoms with Crippen molar-refractivity contribution in [3.05, 3.63) is 41.0 Å². The molecule has 4 heteroatoms. The van der Waals surface area contributed by atoms with Crippen molar-refractivity contribution in [1.82, 2.24) is 10.2 Å². The summed E-state index contributed by atoms with van der Waals surface area (Å²) in [7, 11) is 0. The standard InChI is InChI=1S/C12H11ClN2O/c13-10-5-3-9(4-6-10)12-8-11(14-15-12)2-1-7-16/h3-8H,1-2H2,(H,14,15).